The highest BCUT2D eigenvalue weighted by atomic mass is 35.6. The van der Waals surface area contributed by atoms with Crippen LogP contribution in [0.25, 0.3) is 0 Å². The summed E-state index contributed by atoms with van der Waals surface area (Å²) in [7, 11) is 0. The molecule has 0 radical (unpaired) electrons. The number of aliphatic carboxylic acids is 2. The van der Waals surface area contributed by atoms with Crippen LogP contribution in [0.1, 0.15) is 0 Å². The maximum Gasteiger partial charge on any atom is 0.404 e. The van der Waals surface area contributed by atoms with Gasteiger partial charge in [-0.3, -0.25) is 9.59 Å². The molecule has 120 valence electrons. The molecule has 0 saturated heterocycles. The van der Waals surface area contributed by atoms with Crippen molar-refractivity contribution >= 4 is 46.7 Å². The number of carboxylic acid groups (broad SMARTS) is 2. The van der Waals surface area contributed by atoms with Gasteiger partial charge in [0.05, 0.1) is 13.2 Å². The van der Waals surface area contributed by atoms with Crippen molar-refractivity contribution in [2.75, 3.05) is 13.2 Å². The van der Waals surface area contributed by atoms with Crippen LogP contribution in [-0.2, 0) is 9.59 Å². The van der Waals surface area contributed by atoms with Gasteiger partial charge < -0.3 is 20.4 Å². The van der Waals surface area contributed by atoms with Gasteiger partial charge in [0.1, 0.15) is 5.92 Å². The average molecular weight is 366 g/mol. The van der Waals surface area contributed by atoms with E-state index >= 15 is 0 Å². The van der Waals surface area contributed by atoms with Crippen molar-refractivity contribution in [3.8, 4) is 0 Å². The van der Waals surface area contributed by atoms with Crippen molar-refractivity contribution in [1.29, 1.82) is 0 Å². The largest absolute Gasteiger partial charge is 0.481 e. The van der Waals surface area contributed by atoms with E-state index in [4.69, 9.17) is 55.2 Å². The fourth-order valence-corrected chi connectivity index (χ4v) is 1.13. The van der Waals surface area contributed by atoms with Crippen LogP contribution >= 0.6 is 34.8 Å². The van der Waals surface area contributed by atoms with Gasteiger partial charge >= 0.3 is 18.1 Å². The SMILES string of the molecule is O=C(O)C(CO)C(Cl)(Cl)Cl.O=C(O)C(CO)C(F)(F)F. The molecule has 0 aromatic rings. The van der Waals surface area contributed by atoms with E-state index in [1.165, 1.54) is 0 Å². The third-order valence-electron chi connectivity index (χ3n) is 1.75. The number of aliphatic hydroxyl groups excluding tert-OH is 2. The second-order valence-corrected chi connectivity index (χ2v) is 5.60. The monoisotopic (exact) mass is 364 g/mol. The van der Waals surface area contributed by atoms with Crippen molar-refractivity contribution in [2.45, 2.75) is 9.97 Å². The first-order chi connectivity index (χ1) is 8.78. The van der Waals surface area contributed by atoms with Crippen LogP contribution in [-0.4, -0.2) is 55.5 Å². The van der Waals surface area contributed by atoms with Crippen LogP contribution in [0.4, 0.5) is 13.2 Å². The number of rotatable bonds is 4. The third kappa shape index (κ3) is 8.64. The molecule has 0 amide bonds. The van der Waals surface area contributed by atoms with E-state index < -0.39 is 47.0 Å². The Morgan fingerprint density at radius 1 is 0.900 bits per heavy atom. The molecule has 0 spiro atoms. The molecule has 2 unspecified atom stereocenters. The Kier molecular flexibility index (Phi) is 9.52. The Balaban J connectivity index is 0. The minimum absolute atomic E-state index is 0.689. The third-order valence-corrected chi connectivity index (χ3v) is 2.54. The fraction of sp³-hybridized carbons (Fsp3) is 0.750. The number of alkyl halides is 6. The molecule has 0 aromatic heterocycles. The number of halogens is 6. The van der Waals surface area contributed by atoms with Gasteiger partial charge in [-0.1, -0.05) is 34.8 Å². The second-order valence-electron chi connectivity index (χ2n) is 3.23. The smallest absolute Gasteiger partial charge is 0.404 e. The van der Waals surface area contributed by atoms with Gasteiger partial charge in [0, 0.05) is 0 Å². The van der Waals surface area contributed by atoms with Crippen molar-refractivity contribution in [3.63, 3.8) is 0 Å². The number of carbonyl (C=O) groups is 2. The quantitative estimate of drug-likeness (QED) is 0.558. The van der Waals surface area contributed by atoms with Crippen LogP contribution in [0.2, 0.25) is 0 Å². The minimum atomic E-state index is -4.86. The number of carboxylic acids is 2. The van der Waals surface area contributed by atoms with Crippen LogP contribution in [0.3, 0.4) is 0 Å². The minimum Gasteiger partial charge on any atom is -0.481 e. The molecule has 0 bridgehead atoms. The van der Waals surface area contributed by atoms with Crippen molar-refractivity contribution in [1.82, 2.24) is 0 Å². The van der Waals surface area contributed by atoms with Crippen molar-refractivity contribution in [3.05, 3.63) is 0 Å². The molecule has 2 atom stereocenters. The number of hydrogen-bond acceptors (Lipinski definition) is 4. The lowest BCUT2D eigenvalue weighted by Gasteiger charge is -2.16. The molecule has 0 aliphatic rings. The molecule has 0 heterocycles. The highest BCUT2D eigenvalue weighted by Gasteiger charge is 2.44. The molecule has 0 rings (SSSR count). The summed E-state index contributed by atoms with van der Waals surface area (Å²) in [6, 6.07) is 0. The summed E-state index contributed by atoms with van der Waals surface area (Å²) in [5.41, 5.74) is 0. The Morgan fingerprint density at radius 2 is 1.20 bits per heavy atom. The van der Waals surface area contributed by atoms with Gasteiger partial charge in [0.15, 0.2) is 5.92 Å². The van der Waals surface area contributed by atoms with E-state index in [-0.39, 0.29) is 0 Å². The normalized spacial score (nSPS) is 14.8. The predicted molar refractivity (Wildman–Crippen MR) is 62.8 cm³/mol. The lowest BCUT2D eigenvalue weighted by atomic mass is 10.1. The molecule has 6 nitrogen and oxygen atoms in total. The lowest BCUT2D eigenvalue weighted by Crippen LogP contribution is -2.33. The van der Waals surface area contributed by atoms with Crippen LogP contribution < -0.4 is 0 Å². The number of aliphatic hydroxyl groups is 2. The van der Waals surface area contributed by atoms with Gasteiger partial charge in [0.2, 0.25) is 3.79 Å². The Hall–Kier alpha value is -0.480. The van der Waals surface area contributed by atoms with E-state index in [1.807, 2.05) is 0 Å². The molecule has 0 saturated carbocycles. The Bertz CT molecular complexity index is 298. The highest BCUT2D eigenvalue weighted by Crippen LogP contribution is 2.34. The Labute approximate surface area is 125 Å². The zero-order chi connectivity index (χ0) is 16.7. The summed E-state index contributed by atoms with van der Waals surface area (Å²) in [5, 5.41) is 32.5. The molecular formula is C8H10Cl3F3O6. The molecule has 0 aliphatic heterocycles. The molecule has 12 heteroatoms. The van der Waals surface area contributed by atoms with E-state index in [0.717, 1.165) is 0 Å². The topological polar surface area (TPSA) is 115 Å². The zero-order valence-electron chi connectivity index (χ0n) is 9.44. The van der Waals surface area contributed by atoms with Gasteiger partial charge in [-0.2, -0.15) is 13.2 Å². The zero-order valence-corrected chi connectivity index (χ0v) is 11.7. The first kappa shape index (κ1) is 21.8. The van der Waals surface area contributed by atoms with Crippen molar-refractivity contribution < 1.29 is 43.2 Å². The van der Waals surface area contributed by atoms with Crippen molar-refractivity contribution in [2.24, 2.45) is 11.8 Å². The molecule has 0 aromatic carbocycles. The lowest BCUT2D eigenvalue weighted by molar-refractivity contribution is -0.199. The van der Waals surface area contributed by atoms with Gasteiger partial charge in [-0.05, 0) is 0 Å². The predicted octanol–water partition coefficient (Wildman–Crippen LogP) is 1.29. The molecule has 0 fully saturated rings. The standard InChI is InChI=1S/C4H5Cl3O3.C4H5F3O3/c2*5-4(6,7)2(1-8)3(9)10/h2*2,8H,1H2,(H,9,10). The first-order valence-electron chi connectivity index (χ1n) is 4.59. The van der Waals surface area contributed by atoms with E-state index in [9.17, 15) is 22.8 Å². The van der Waals surface area contributed by atoms with Gasteiger partial charge in [0.25, 0.3) is 0 Å². The maximum atomic E-state index is 11.4. The summed E-state index contributed by atoms with van der Waals surface area (Å²) >= 11 is 15.6. The van der Waals surface area contributed by atoms with E-state index in [2.05, 4.69) is 0 Å². The maximum absolute atomic E-state index is 11.4. The molecular weight excluding hydrogens is 355 g/mol. The van der Waals surface area contributed by atoms with E-state index in [1.54, 1.807) is 0 Å². The summed E-state index contributed by atoms with van der Waals surface area (Å²) < 4.78 is 32.3. The fourth-order valence-electron chi connectivity index (χ4n) is 0.643. The molecule has 0 aliphatic carbocycles. The summed E-state index contributed by atoms with van der Waals surface area (Å²) in [6.45, 7) is -2.11. The van der Waals surface area contributed by atoms with E-state index in [0.29, 0.717) is 0 Å². The highest BCUT2D eigenvalue weighted by molar-refractivity contribution is 6.68. The van der Waals surface area contributed by atoms with Gasteiger partial charge in [-0.15, -0.1) is 0 Å². The summed E-state index contributed by atoms with van der Waals surface area (Å²) in [4.78, 5) is 19.9. The summed E-state index contributed by atoms with van der Waals surface area (Å²) in [5.74, 6) is -7.41. The Morgan fingerprint density at radius 3 is 1.20 bits per heavy atom. The summed E-state index contributed by atoms with van der Waals surface area (Å²) in [6.07, 6.45) is -4.86. The number of hydrogen-bond donors (Lipinski definition) is 4. The van der Waals surface area contributed by atoms with Crippen LogP contribution in [0.5, 0.6) is 0 Å². The molecule has 20 heavy (non-hydrogen) atoms. The average Bonchev–Trinajstić information content (AvgIpc) is 2.13. The second kappa shape index (κ2) is 8.73. The van der Waals surface area contributed by atoms with Crippen LogP contribution in [0.15, 0.2) is 0 Å². The molecule has 4 N–H and O–H groups in total. The van der Waals surface area contributed by atoms with Crippen LogP contribution in [0, 0.1) is 11.8 Å². The van der Waals surface area contributed by atoms with Gasteiger partial charge in [-0.25, -0.2) is 0 Å². The first-order valence-corrected chi connectivity index (χ1v) is 5.73.